The van der Waals surface area contributed by atoms with Crippen molar-refractivity contribution >= 4 is 22.8 Å². The van der Waals surface area contributed by atoms with Crippen LogP contribution in [0.3, 0.4) is 0 Å². The second kappa shape index (κ2) is 26.4. The standard InChI is InChI=1S/C42H68N2.Ni/c1-7-13-15-17-19-21-27-41(43-39-31-29-35(23-9-3)37(33-39)25-11-5)42(28-22-20-18-16-14-8-2)44-40-32-30-36(24-10-4)38(34-40)26-12-6;/h29-34H,7-28H2,1-6H3;. The second-order valence-electron chi connectivity index (χ2n) is 13.1. The van der Waals surface area contributed by atoms with Gasteiger partial charge >= 0.3 is 0 Å². The van der Waals surface area contributed by atoms with Crippen molar-refractivity contribution in [2.24, 2.45) is 9.98 Å². The van der Waals surface area contributed by atoms with Gasteiger partial charge in [0.1, 0.15) is 0 Å². The zero-order valence-corrected chi connectivity index (χ0v) is 31.2. The molecule has 0 saturated heterocycles. The SMILES string of the molecule is CCCCCCCCC(=Nc1ccc(CCC)c(CCC)c1)C(CCCCCCCC)=Nc1ccc(CCC)c(CCC)c1.[Ni]. The van der Waals surface area contributed by atoms with Gasteiger partial charge in [-0.05, 0) is 97.9 Å². The maximum Gasteiger partial charge on any atom is 0.0636 e. The summed E-state index contributed by atoms with van der Waals surface area (Å²) in [5.41, 5.74) is 10.7. The van der Waals surface area contributed by atoms with Gasteiger partial charge in [-0.2, -0.15) is 0 Å². The number of rotatable bonds is 25. The molecular weight excluding hydrogens is 591 g/mol. The van der Waals surface area contributed by atoms with Crippen LogP contribution in [0.1, 0.15) is 179 Å². The zero-order valence-electron chi connectivity index (χ0n) is 30.2. The molecule has 0 bridgehead atoms. The Labute approximate surface area is 289 Å². The number of aryl methyl sites for hydroxylation is 4. The third kappa shape index (κ3) is 16.6. The van der Waals surface area contributed by atoms with E-state index in [-0.39, 0.29) is 16.5 Å². The normalized spacial score (nSPS) is 12.0. The number of hydrogen-bond donors (Lipinski definition) is 0. The van der Waals surface area contributed by atoms with Gasteiger partial charge in [0.15, 0.2) is 0 Å². The van der Waals surface area contributed by atoms with E-state index in [0.717, 1.165) is 49.9 Å². The third-order valence-electron chi connectivity index (χ3n) is 8.85. The molecule has 2 aromatic carbocycles. The number of unbranched alkanes of at least 4 members (excludes halogenated alkanes) is 10. The quantitative estimate of drug-likeness (QED) is 0.0576. The van der Waals surface area contributed by atoms with Crippen molar-refractivity contribution in [3.05, 3.63) is 58.7 Å². The van der Waals surface area contributed by atoms with Crippen molar-refractivity contribution in [1.29, 1.82) is 0 Å². The number of hydrogen-bond acceptors (Lipinski definition) is 2. The summed E-state index contributed by atoms with van der Waals surface area (Å²) in [5, 5.41) is 0. The molecule has 2 nitrogen and oxygen atoms in total. The predicted molar refractivity (Wildman–Crippen MR) is 199 cm³/mol. The average Bonchev–Trinajstić information content (AvgIpc) is 3.02. The monoisotopic (exact) mass is 658 g/mol. The molecule has 0 N–H and O–H groups in total. The molecule has 0 unspecified atom stereocenters. The van der Waals surface area contributed by atoms with Crippen LogP contribution in [-0.2, 0) is 42.2 Å². The fourth-order valence-corrected chi connectivity index (χ4v) is 6.38. The number of nitrogens with zero attached hydrogens (tertiary/aromatic N) is 2. The Morgan fingerprint density at radius 2 is 0.733 bits per heavy atom. The summed E-state index contributed by atoms with van der Waals surface area (Å²) in [5.74, 6) is 0. The summed E-state index contributed by atoms with van der Waals surface area (Å²) in [6.45, 7) is 13.8. The largest absolute Gasteiger partial charge is 0.252 e. The van der Waals surface area contributed by atoms with E-state index in [4.69, 9.17) is 9.98 Å². The molecule has 0 aromatic heterocycles. The average molecular weight is 660 g/mol. The fraction of sp³-hybridized carbons (Fsp3) is 0.667. The topological polar surface area (TPSA) is 24.7 Å². The van der Waals surface area contributed by atoms with E-state index in [1.54, 1.807) is 0 Å². The molecule has 0 aliphatic carbocycles. The van der Waals surface area contributed by atoms with Crippen molar-refractivity contribution in [1.82, 2.24) is 0 Å². The minimum atomic E-state index is 0. The third-order valence-corrected chi connectivity index (χ3v) is 8.85. The number of aliphatic imine (C=N–C) groups is 2. The molecule has 3 heteroatoms. The van der Waals surface area contributed by atoms with Crippen LogP contribution < -0.4 is 0 Å². The predicted octanol–water partition coefficient (Wildman–Crippen LogP) is 13.8. The van der Waals surface area contributed by atoms with Gasteiger partial charge in [-0.3, -0.25) is 9.98 Å². The Morgan fingerprint density at radius 1 is 0.400 bits per heavy atom. The maximum absolute atomic E-state index is 5.45. The summed E-state index contributed by atoms with van der Waals surface area (Å²) in [4.78, 5) is 10.9. The molecular formula is C42H68N2Ni. The Balaban J connectivity index is 0.0000101. The summed E-state index contributed by atoms with van der Waals surface area (Å²) >= 11 is 0. The van der Waals surface area contributed by atoms with Crippen LogP contribution in [0.5, 0.6) is 0 Å². The molecule has 0 spiro atoms. The van der Waals surface area contributed by atoms with Crippen LogP contribution in [0.2, 0.25) is 0 Å². The van der Waals surface area contributed by atoms with Crippen molar-refractivity contribution in [3.8, 4) is 0 Å². The molecule has 0 fully saturated rings. The molecule has 2 rings (SSSR count). The Kier molecular flexibility index (Phi) is 24.2. The minimum absolute atomic E-state index is 0. The van der Waals surface area contributed by atoms with Gasteiger partial charge in [0.25, 0.3) is 0 Å². The molecule has 256 valence electrons. The van der Waals surface area contributed by atoms with E-state index in [9.17, 15) is 0 Å². The van der Waals surface area contributed by atoms with Crippen molar-refractivity contribution in [2.75, 3.05) is 0 Å². The van der Waals surface area contributed by atoms with Crippen LogP contribution in [0, 0.1) is 0 Å². The Hall–Kier alpha value is -1.73. The van der Waals surface area contributed by atoms with Gasteiger partial charge in [0.05, 0.1) is 22.8 Å². The molecule has 0 saturated carbocycles. The van der Waals surface area contributed by atoms with E-state index in [1.807, 2.05) is 0 Å². The van der Waals surface area contributed by atoms with Crippen LogP contribution >= 0.6 is 0 Å². The van der Waals surface area contributed by atoms with Gasteiger partial charge in [-0.15, -0.1) is 0 Å². The molecule has 0 atom stereocenters. The fourth-order valence-electron chi connectivity index (χ4n) is 6.38. The molecule has 0 aliphatic rings. The number of benzene rings is 2. The first kappa shape index (κ1) is 41.3. The van der Waals surface area contributed by atoms with Crippen LogP contribution in [-0.4, -0.2) is 11.4 Å². The Morgan fingerprint density at radius 3 is 1.09 bits per heavy atom. The molecule has 0 aliphatic heterocycles. The summed E-state index contributed by atoms with van der Waals surface area (Å²) in [6.07, 6.45) is 27.0. The van der Waals surface area contributed by atoms with Gasteiger partial charge in [-0.1, -0.05) is 144 Å². The Bertz CT molecular complexity index is 1010. The van der Waals surface area contributed by atoms with Crippen molar-refractivity contribution in [3.63, 3.8) is 0 Å². The van der Waals surface area contributed by atoms with E-state index < -0.39 is 0 Å². The zero-order chi connectivity index (χ0) is 31.8. The smallest absolute Gasteiger partial charge is 0.0636 e. The maximum atomic E-state index is 5.45. The van der Waals surface area contributed by atoms with Crippen LogP contribution in [0.15, 0.2) is 46.4 Å². The van der Waals surface area contributed by atoms with Gasteiger partial charge in [-0.25, -0.2) is 0 Å². The summed E-state index contributed by atoms with van der Waals surface area (Å²) in [6, 6.07) is 14.0. The summed E-state index contributed by atoms with van der Waals surface area (Å²) in [7, 11) is 0. The second-order valence-corrected chi connectivity index (χ2v) is 13.1. The molecule has 0 radical (unpaired) electrons. The first-order valence-corrected chi connectivity index (χ1v) is 19.0. The van der Waals surface area contributed by atoms with E-state index in [0.29, 0.717) is 0 Å². The summed E-state index contributed by atoms with van der Waals surface area (Å²) < 4.78 is 0. The molecule has 2 aromatic rings. The van der Waals surface area contributed by atoms with E-state index >= 15 is 0 Å². The first-order chi connectivity index (χ1) is 21.6. The molecule has 0 amide bonds. The van der Waals surface area contributed by atoms with Crippen molar-refractivity contribution in [2.45, 2.75) is 183 Å². The molecule has 45 heavy (non-hydrogen) atoms. The first-order valence-electron chi connectivity index (χ1n) is 19.0. The van der Waals surface area contributed by atoms with Gasteiger partial charge in [0.2, 0.25) is 0 Å². The van der Waals surface area contributed by atoms with Crippen molar-refractivity contribution < 1.29 is 16.5 Å². The van der Waals surface area contributed by atoms with Crippen LogP contribution in [0.25, 0.3) is 0 Å². The van der Waals surface area contributed by atoms with Gasteiger partial charge in [0, 0.05) is 16.5 Å². The minimum Gasteiger partial charge on any atom is -0.252 e. The van der Waals surface area contributed by atoms with E-state index in [2.05, 4.69) is 77.9 Å². The molecule has 0 heterocycles. The van der Waals surface area contributed by atoms with Crippen LogP contribution in [0.4, 0.5) is 11.4 Å². The van der Waals surface area contributed by atoms with E-state index in [1.165, 1.54) is 136 Å². The van der Waals surface area contributed by atoms with Gasteiger partial charge < -0.3 is 0 Å².